The highest BCUT2D eigenvalue weighted by Gasteiger charge is 2.37. The lowest BCUT2D eigenvalue weighted by molar-refractivity contribution is -0.140. The maximum Gasteiger partial charge on any atom is 0.305 e. The van der Waals surface area contributed by atoms with E-state index in [2.05, 4.69) is 30.7 Å². The zero-order valence-corrected chi connectivity index (χ0v) is 34.0. The first kappa shape index (κ1) is 45.3. The molecule has 4 aromatic rings. The summed E-state index contributed by atoms with van der Waals surface area (Å²) in [5.74, 6) is -0.290. The lowest BCUT2D eigenvalue weighted by Crippen LogP contribution is -2.37. The first-order valence-electron chi connectivity index (χ1n) is 19.2. The van der Waals surface area contributed by atoms with Gasteiger partial charge in [0, 0.05) is 78.1 Å². The van der Waals surface area contributed by atoms with Crippen molar-refractivity contribution < 1.29 is 49.1 Å². The molecule has 0 aromatic heterocycles. The monoisotopic (exact) mass is 884 g/mol. The van der Waals surface area contributed by atoms with Crippen LogP contribution in [-0.4, -0.2) is 94.2 Å². The van der Waals surface area contributed by atoms with E-state index in [1.54, 1.807) is 34.4 Å². The van der Waals surface area contributed by atoms with E-state index in [-0.39, 0.29) is 75.1 Å². The Balaban J connectivity index is 0.000000195. The number of amides is 2. The second-order valence-corrected chi connectivity index (χ2v) is 14.8. The smallest absolute Gasteiger partial charge is 0.305 e. The minimum Gasteiger partial charge on any atom is -0.508 e. The van der Waals surface area contributed by atoms with Gasteiger partial charge < -0.3 is 29.9 Å². The summed E-state index contributed by atoms with van der Waals surface area (Å²) in [6.45, 7) is -0.818. The zero-order valence-electron chi connectivity index (χ0n) is 32.4. The summed E-state index contributed by atoms with van der Waals surface area (Å²) in [6, 6.07) is 21.6. The number of aliphatic hydroxyl groups is 3. The van der Waals surface area contributed by atoms with Gasteiger partial charge in [-0.15, -0.1) is 0 Å². The molecular weight excluding hydrogens is 836 g/mol. The third-order valence-corrected chi connectivity index (χ3v) is 10.7. The van der Waals surface area contributed by atoms with Crippen LogP contribution in [0, 0.1) is 0 Å². The predicted molar refractivity (Wildman–Crippen MR) is 233 cm³/mol. The third kappa shape index (κ3) is 9.99. The van der Waals surface area contributed by atoms with Crippen LogP contribution >= 0.6 is 15.9 Å². The molecule has 0 radical (unpaired) electrons. The van der Waals surface area contributed by atoms with Crippen LogP contribution in [0.2, 0.25) is 0 Å². The average molecular weight is 886 g/mol. The number of hydrogen-bond donors (Lipinski definition) is 4. The van der Waals surface area contributed by atoms with Gasteiger partial charge in [0.05, 0.1) is 61.5 Å². The largest absolute Gasteiger partial charge is 0.508 e. The lowest BCUT2D eigenvalue weighted by Gasteiger charge is -2.22. The quantitative estimate of drug-likeness (QED) is 0.0750. The number of esters is 1. The molecule has 4 aliphatic rings. The number of carbonyl (C=O) groups excluding carboxylic acids is 4. The Labute approximate surface area is 356 Å². The molecule has 4 aromatic carbocycles. The molecule has 8 rings (SSSR count). The second kappa shape index (κ2) is 21.0. The number of aromatic hydroxyl groups is 1. The summed E-state index contributed by atoms with van der Waals surface area (Å²) < 4.78 is 10.1. The van der Waals surface area contributed by atoms with E-state index in [1.165, 1.54) is 19.2 Å². The van der Waals surface area contributed by atoms with Gasteiger partial charge in [0.15, 0.2) is 5.78 Å². The SMILES string of the molecule is C.COC(=O)CCCBr.O=C(CO)CCCOc1cc2c(cc1CO)C(=O)N1c3ccccc3CC1C=N2.O=C1c2cc(CO)c(O)cc2N=CC2Cc3ccccc3N12. The van der Waals surface area contributed by atoms with Gasteiger partial charge in [-0.1, -0.05) is 59.8 Å². The Morgan fingerprint density at radius 1 is 0.767 bits per heavy atom. The number of halogens is 1. The number of benzene rings is 4. The molecule has 2 unspecified atom stereocenters. The molecule has 4 heterocycles. The summed E-state index contributed by atoms with van der Waals surface area (Å²) in [4.78, 5) is 60.1. The van der Waals surface area contributed by atoms with Crippen LogP contribution in [0.4, 0.5) is 22.7 Å². The van der Waals surface area contributed by atoms with Crippen molar-refractivity contribution in [1.82, 2.24) is 0 Å². The van der Waals surface area contributed by atoms with Gasteiger partial charge in [-0.3, -0.25) is 39.0 Å². The standard InChI is InChI=1S/C22H22N2O5.C17H14N2O3.C5H9BrO2.CH4/c25-12-15-9-18-19(10-21(15)29-7-3-5-17(27)13-26)23-11-16-8-14-4-1-2-6-20(14)24(16)22(18)28;20-9-11-6-13-14(7-16(11)21)18-8-12-5-10-3-1-2-4-15(10)19(12)17(13)22;1-8-5(7)3-2-4-6;/h1-2,4,6,9-11,16,25-26H,3,5,7-8,12-13H2;1-4,6-8,12,20-21H,5,9H2;2-4H2,1H3;1H4. The molecule has 4 N–H and O–H groups in total. The Hall–Kier alpha value is -5.74. The molecule has 2 amide bonds. The molecule has 0 bridgehead atoms. The molecule has 0 spiro atoms. The highest BCUT2D eigenvalue weighted by atomic mass is 79.9. The molecule has 0 aliphatic carbocycles. The van der Waals surface area contributed by atoms with Gasteiger partial charge in [-0.25, -0.2) is 0 Å². The van der Waals surface area contributed by atoms with Gasteiger partial charge in [0.1, 0.15) is 18.1 Å². The topological polar surface area (TPSA) is 199 Å². The highest BCUT2D eigenvalue weighted by Crippen LogP contribution is 2.40. The molecule has 316 valence electrons. The molecule has 4 aliphatic heterocycles. The Morgan fingerprint density at radius 3 is 1.82 bits per heavy atom. The number of ether oxygens (including phenoxy) is 2. The molecule has 15 heteroatoms. The van der Waals surface area contributed by atoms with Crippen LogP contribution in [-0.2, 0) is 40.4 Å². The molecule has 0 fully saturated rings. The van der Waals surface area contributed by atoms with E-state index in [4.69, 9.17) is 9.84 Å². The molecule has 60 heavy (non-hydrogen) atoms. The fourth-order valence-electron chi connectivity index (χ4n) is 7.20. The van der Waals surface area contributed by atoms with E-state index < -0.39 is 6.61 Å². The number of phenols is 1. The number of aliphatic imine (C=N–C) groups is 2. The van der Waals surface area contributed by atoms with Crippen molar-refractivity contribution in [3.8, 4) is 11.5 Å². The van der Waals surface area contributed by atoms with E-state index in [0.717, 1.165) is 40.7 Å². The molecule has 0 saturated carbocycles. The summed E-state index contributed by atoms with van der Waals surface area (Å²) in [5.41, 5.74) is 6.60. The van der Waals surface area contributed by atoms with Gasteiger partial charge in [-0.2, -0.15) is 0 Å². The number of rotatable bonds is 11. The van der Waals surface area contributed by atoms with Gasteiger partial charge in [0.2, 0.25) is 0 Å². The van der Waals surface area contributed by atoms with Crippen LogP contribution < -0.4 is 14.5 Å². The lowest BCUT2D eigenvalue weighted by atomic mass is 10.1. The van der Waals surface area contributed by atoms with Crippen molar-refractivity contribution in [3.63, 3.8) is 0 Å². The van der Waals surface area contributed by atoms with E-state index >= 15 is 0 Å². The van der Waals surface area contributed by atoms with Crippen molar-refractivity contribution in [1.29, 1.82) is 0 Å². The van der Waals surface area contributed by atoms with Crippen molar-refractivity contribution >= 4 is 74.7 Å². The van der Waals surface area contributed by atoms with E-state index in [0.29, 0.717) is 58.6 Å². The van der Waals surface area contributed by atoms with Gasteiger partial charge >= 0.3 is 5.97 Å². The number of nitrogens with zero attached hydrogens (tertiary/aromatic N) is 4. The number of hydrogen-bond acceptors (Lipinski definition) is 12. The molecular formula is C45H49BrN4O10. The number of methoxy groups -OCH3 is 1. The number of para-hydroxylation sites is 2. The second-order valence-electron chi connectivity index (χ2n) is 14.0. The minimum atomic E-state index is -0.474. The van der Waals surface area contributed by atoms with Crippen LogP contribution in [0.5, 0.6) is 11.5 Å². The average Bonchev–Trinajstić information content (AvgIpc) is 3.75. The fourth-order valence-corrected chi connectivity index (χ4v) is 7.48. The maximum atomic E-state index is 13.3. The summed E-state index contributed by atoms with van der Waals surface area (Å²) >= 11 is 3.20. The molecule has 14 nitrogen and oxygen atoms in total. The number of ketones is 1. The van der Waals surface area contributed by atoms with Crippen molar-refractivity contribution in [2.45, 2.75) is 71.2 Å². The van der Waals surface area contributed by atoms with Crippen molar-refractivity contribution in [3.05, 3.63) is 106 Å². The fraction of sp³-hybridized carbons (Fsp3) is 0.333. The third-order valence-electron chi connectivity index (χ3n) is 10.2. The Kier molecular flexibility index (Phi) is 15.9. The zero-order chi connectivity index (χ0) is 42.1. The minimum absolute atomic E-state index is 0. The summed E-state index contributed by atoms with van der Waals surface area (Å²) in [6.07, 6.45) is 7.04. The Bertz CT molecular complexity index is 2280. The predicted octanol–water partition coefficient (Wildman–Crippen LogP) is 6.33. The number of aliphatic hydroxyl groups excluding tert-OH is 3. The molecule has 2 atom stereocenters. The van der Waals surface area contributed by atoms with Crippen LogP contribution in [0.3, 0.4) is 0 Å². The van der Waals surface area contributed by atoms with Crippen LogP contribution in [0.15, 0.2) is 82.8 Å². The van der Waals surface area contributed by atoms with Gasteiger partial charge in [0.25, 0.3) is 11.8 Å². The van der Waals surface area contributed by atoms with Crippen LogP contribution in [0.1, 0.15) is 76.1 Å². The maximum absolute atomic E-state index is 13.3. The van der Waals surface area contributed by atoms with Crippen molar-refractivity contribution in [2.75, 3.05) is 35.5 Å². The highest BCUT2D eigenvalue weighted by molar-refractivity contribution is 9.09. The number of anilines is 2. The first-order chi connectivity index (χ1) is 28.6. The van der Waals surface area contributed by atoms with Crippen molar-refractivity contribution in [2.24, 2.45) is 9.98 Å². The number of fused-ring (bicyclic) bond motifs is 8. The number of carbonyl (C=O) groups is 4. The first-order valence-corrected chi connectivity index (χ1v) is 20.3. The van der Waals surface area contributed by atoms with Gasteiger partial charge in [-0.05, 0) is 48.2 Å². The summed E-state index contributed by atoms with van der Waals surface area (Å²) in [7, 11) is 1.40. The number of alkyl halides is 1. The molecule has 0 saturated heterocycles. The van der Waals surface area contributed by atoms with E-state index in [9.17, 15) is 34.5 Å². The normalized spacial score (nSPS) is 16.1. The Morgan fingerprint density at radius 2 is 1.30 bits per heavy atom. The van der Waals surface area contributed by atoms with E-state index in [1.807, 2.05) is 48.5 Å². The summed E-state index contributed by atoms with van der Waals surface area (Å²) in [5, 5.41) is 38.6. The van der Waals surface area contributed by atoms with Crippen LogP contribution in [0.25, 0.3) is 0 Å². The number of Topliss-reactive ketones (excluding diaryl/α,β-unsaturated/α-hetero) is 1.